The topological polar surface area (TPSA) is 26.3 Å². The summed E-state index contributed by atoms with van der Waals surface area (Å²) in [5.74, 6) is -0.273. The maximum Gasteiger partial charge on any atom is 0.330 e. The first-order chi connectivity index (χ1) is 11.8. The van der Waals surface area contributed by atoms with Gasteiger partial charge in [-0.15, -0.1) is 0 Å². The lowest BCUT2D eigenvalue weighted by Crippen LogP contribution is -1.98. The highest BCUT2D eigenvalue weighted by atomic mass is 16.5. The van der Waals surface area contributed by atoms with Gasteiger partial charge in [0.05, 0.1) is 6.61 Å². The highest BCUT2D eigenvalue weighted by molar-refractivity contribution is 5.81. The van der Waals surface area contributed by atoms with E-state index in [2.05, 4.69) is 49.5 Å². The van der Waals surface area contributed by atoms with Gasteiger partial charge < -0.3 is 4.74 Å². The van der Waals surface area contributed by atoms with Crippen LogP contribution < -0.4 is 0 Å². The summed E-state index contributed by atoms with van der Waals surface area (Å²) in [5.41, 5.74) is 0. The molecule has 0 aliphatic carbocycles. The third-order valence-corrected chi connectivity index (χ3v) is 3.33. The van der Waals surface area contributed by atoms with E-state index in [0.717, 1.165) is 12.8 Å². The second kappa shape index (κ2) is 19.2. The zero-order valence-electron chi connectivity index (χ0n) is 15.5. The molecule has 0 saturated carbocycles. The van der Waals surface area contributed by atoms with Crippen LogP contribution in [0.15, 0.2) is 60.8 Å². The normalized spacial score (nSPS) is 12.6. The SMILES string of the molecule is CCCCCCCC=CC=CC=CCC=CCC=CC(=O)OCC. The number of esters is 1. The molecule has 0 rings (SSSR count). The van der Waals surface area contributed by atoms with Gasteiger partial charge in [0, 0.05) is 6.08 Å². The van der Waals surface area contributed by atoms with Crippen LogP contribution in [0.4, 0.5) is 0 Å². The molecule has 2 heteroatoms. The first kappa shape index (κ1) is 22.2. The largest absolute Gasteiger partial charge is 0.463 e. The van der Waals surface area contributed by atoms with Gasteiger partial charge in [-0.2, -0.15) is 0 Å². The molecule has 0 atom stereocenters. The Morgan fingerprint density at radius 1 is 0.750 bits per heavy atom. The van der Waals surface area contributed by atoms with E-state index in [1.54, 1.807) is 6.92 Å². The Labute approximate surface area is 148 Å². The van der Waals surface area contributed by atoms with Crippen LogP contribution in [-0.4, -0.2) is 12.6 Å². The Bertz CT molecular complexity index is 425. The number of allylic oxidation sites excluding steroid dienone is 9. The number of hydrogen-bond donors (Lipinski definition) is 0. The molecule has 0 amide bonds. The Hall–Kier alpha value is -1.83. The summed E-state index contributed by atoms with van der Waals surface area (Å²) in [6.45, 7) is 4.47. The van der Waals surface area contributed by atoms with Crippen molar-refractivity contribution in [1.29, 1.82) is 0 Å². The van der Waals surface area contributed by atoms with E-state index in [1.165, 1.54) is 44.6 Å². The van der Waals surface area contributed by atoms with Gasteiger partial charge in [-0.3, -0.25) is 0 Å². The van der Waals surface area contributed by atoms with Gasteiger partial charge in [0.1, 0.15) is 0 Å². The molecule has 134 valence electrons. The third kappa shape index (κ3) is 18.2. The highest BCUT2D eigenvalue weighted by Crippen LogP contribution is 2.05. The number of carbonyl (C=O) groups is 1. The minimum atomic E-state index is -0.273. The van der Waals surface area contributed by atoms with Gasteiger partial charge in [0.15, 0.2) is 0 Å². The van der Waals surface area contributed by atoms with Gasteiger partial charge in [-0.1, -0.05) is 87.3 Å². The van der Waals surface area contributed by atoms with Crippen LogP contribution in [0, 0.1) is 0 Å². The minimum absolute atomic E-state index is 0.273. The predicted molar refractivity (Wildman–Crippen MR) is 105 cm³/mol. The van der Waals surface area contributed by atoms with E-state index in [-0.39, 0.29) is 5.97 Å². The monoisotopic (exact) mass is 330 g/mol. The third-order valence-electron chi connectivity index (χ3n) is 3.33. The molecule has 0 unspecified atom stereocenters. The summed E-state index contributed by atoms with van der Waals surface area (Å²) >= 11 is 0. The van der Waals surface area contributed by atoms with E-state index in [1.807, 2.05) is 12.2 Å². The number of carbonyl (C=O) groups excluding carboxylic acids is 1. The molecular formula is C22H34O2. The van der Waals surface area contributed by atoms with E-state index in [4.69, 9.17) is 4.74 Å². The van der Waals surface area contributed by atoms with Crippen LogP contribution in [0.1, 0.15) is 65.2 Å². The molecule has 0 aliphatic heterocycles. The fourth-order valence-electron chi connectivity index (χ4n) is 2.03. The smallest absolute Gasteiger partial charge is 0.330 e. The Kier molecular flexibility index (Phi) is 17.8. The second-order valence-electron chi connectivity index (χ2n) is 5.54. The Morgan fingerprint density at radius 3 is 2.12 bits per heavy atom. The van der Waals surface area contributed by atoms with E-state index in [9.17, 15) is 4.79 Å². The van der Waals surface area contributed by atoms with Crippen LogP contribution in [-0.2, 0) is 9.53 Å². The van der Waals surface area contributed by atoms with Crippen molar-refractivity contribution in [2.45, 2.75) is 65.2 Å². The fourth-order valence-corrected chi connectivity index (χ4v) is 2.03. The zero-order valence-corrected chi connectivity index (χ0v) is 15.5. The number of rotatable bonds is 14. The summed E-state index contributed by atoms with van der Waals surface area (Å²) < 4.78 is 4.80. The maximum atomic E-state index is 11.0. The molecule has 0 spiro atoms. The van der Waals surface area contributed by atoms with Crippen molar-refractivity contribution in [3.63, 3.8) is 0 Å². The lowest BCUT2D eigenvalue weighted by molar-refractivity contribution is -0.137. The molecule has 24 heavy (non-hydrogen) atoms. The predicted octanol–water partition coefficient (Wildman–Crippen LogP) is 6.47. The van der Waals surface area contributed by atoms with E-state index in [0.29, 0.717) is 6.61 Å². The molecular weight excluding hydrogens is 296 g/mol. The van der Waals surface area contributed by atoms with Crippen molar-refractivity contribution in [3.8, 4) is 0 Å². The second-order valence-corrected chi connectivity index (χ2v) is 5.54. The molecule has 0 aliphatic rings. The number of ether oxygens (including phenoxy) is 1. The van der Waals surface area contributed by atoms with Crippen molar-refractivity contribution in [2.75, 3.05) is 6.61 Å². The average molecular weight is 331 g/mol. The van der Waals surface area contributed by atoms with Crippen LogP contribution in [0.3, 0.4) is 0 Å². The molecule has 0 N–H and O–H groups in total. The number of hydrogen-bond acceptors (Lipinski definition) is 2. The van der Waals surface area contributed by atoms with Crippen molar-refractivity contribution in [3.05, 3.63) is 60.8 Å². The molecule has 0 aromatic carbocycles. The van der Waals surface area contributed by atoms with Gasteiger partial charge in [0.2, 0.25) is 0 Å². The van der Waals surface area contributed by atoms with Gasteiger partial charge in [-0.25, -0.2) is 4.79 Å². The summed E-state index contributed by atoms with van der Waals surface area (Å²) in [5, 5.41) is 0. The molecule has 0 saturated heterocycles. The zero-order chi connectivity index (χ0) is 17.7. The van der Waals surface area contributed by atoms with Gasteiger partial charge >= 0.3 is 5.97 Å². The standard InChI is InChI=1S/C22H34O2/c1-3-5-6-7-8-9-10-11-12-13-14-15-16-17-18-19-20-21-22(23)24-4-2/h10-15,17-18,20-21H,3-9,16,19H2,1-2H3. The fraction of sp³-hybridized carbons (Fsp3) is 0.500. The molecule has 0 fully saturated rings. The molecule has 0 heterocycles. The quantitative estimate of drug-likeness (QED) is 0.120. The summed E-state index contributed by atoms with van der Waals surface area (Å²) in [4.78, 5) is 11.0. The average Bonchev–Trinajstić information content (AvgIpc) is 2.58. The van der Waals surface area contributed by atoms with Gasteiger partial charge in [-0.05, 0) is 32.6 Å². The molecule has 0 aromatic rings. The van der Waals surface area contributed by atoms with E-state index < -0.39 is 0 Å². The molecule has 0 bridgehead atoms. The van der Waals surface area contributed by atoms with Crippen molar-refractivity contribution < 1.29 is 9.53 Å². The maximum absolute atomic E-state index is 11.0. The van der Waals surface area contributed by atoms with Crippen LogP contribution in [0.5, 0.6) is 0 Å². The highest BCUT2D eigenvalue weighted by Gasteiger charge is 1.90. The summed E-state index contributed by atoms with van der Waals surface area (Å²) in [7, 11) is 0. The van der Waals surface area contributed by atoms with Gasteiger partial charge in [0.25, 0.3) is 0 Å². The first-order valence-corrected chi connectivity index (χ1v) is 9.27. The first-order valence-electron chi connectivity index (χ1n) is 9.27. The summed E-state index contributed by atoms with van der Waals surface area (Å²) in [6.07, 6.45) is 29.6. The van der Waals surface area contributed by atoms with E-state index >= 15 is 0 Å². The Balaban J connectivity index is 3.56. The summed E-state index contributed by atoms with van der Waals surface area (Å²) in [6, 6.07) is 0. The van der Waals surface area contributed by atoms with Crippen LogP contribution in [0.25, 0.3) is 0 Å². The molecule has 0 radical (unpaired) electrons. The van der Waals surface area contributed by atoms with Crippen molar-refractivity contribution in [1.82, 2.24) is 0 Å². The Morgan fingerprint density at radius 2 is 1.42 bits per heavy atom. The van der Waals surface area contributed by atoms with Crippen molar-refractivity contribution in [2.24, 2.45) is 0 Å². The van der Waals surface area contributed by atoms with Crippen molar-refractivity contribution >= 4 is 5.97 Å². The van der Waals surface area contributed by atoms with Crippen LogP contribution in [0.2, 0.25) is 0 Å². The lowest BCUT2D eigenvalue weighted by atomic mass is 10.1. The molecule has 2 nitrogen and oxygen atoms in total. The lowest BCUT2D eigenvalue weighted by Gasteiger charge is -1.95. The number of unbranched alkanes of at least 4 members (excludes halogenated alkanes) is 5. The minimum Gasteiger partial charge on any atom is -0.463 e. The molecule has 0 aromatic heterocycles. The van der Waals surface area contributed by atoms with Crippen LogP contribution >= 0.6 is 0 Å².